The fraction of sp³-hybridized carbons (Fsp3) is 0.778. The van der Waals surface area contributed by atoms with Gasteiger partial charge in [0.2, 0.25) is 0 Å². The lowest BCUT2D eigenvalue weighted by Gasteiger charge is -2.00. The van der Waals surface area contributed by atoms with Gasteiger partial charge in [-0.25, -0.2) is 4.68 Å². The van der Waals surface area contributed by atoms with Crippen LogP contribution in [0.15, 0.2) is 0 Å². The second kappa shape index (κ2) is 3.46. The van der Waals surface area contributed by atoms with E-state index in [1.165, 1.54) is 18.5 Å². The van der Waals surface area contributed by atoms with Gasteiger partial charge in [0.25, 0.3) is 0 Å². The van der Waals surface area contributed by atoms with Crippen molar-refractivity contribution in [3.8, 4) is 0 Å². The molecule has 0 saturated heterocycles. The minimum atomic E-state index is 0.656. The van der Waals surface area contributed by atoms with Gasteiger partial charge in [-0.1, -0.05) is 5.21 Å². The quantitative estimate of drug-likeness (QED) is 0.734. The Morgan fingerprint density at radius 3 is 2.92 bits per heavy atom. The maximum absolute atomic E-state index is 5.48. The highest BCUT2D eigenvalue weighted by Gasteiger charge is 2.23. The van der Waals surface area contributed by atoms with E-state index in [0.29, 0.717) is 6.54 Å². The Hall–Kier alpha value is -0.900. The molecule has 1 aromatic rings. The van der Waals surface area contributed by atoms with E-state index in [1.54, 1.807) is 0 Å². The summed E-state index contributed by atoms with van der Waals surface area (Å²) in [6, 6.07) is 0. The molecule has 0 aromatic carbocycles. The van der Waals surface area contributed by atoms with Gasteiger partial charge in [-0.2, -0.15) is 0 Å². The average molecular weight is 180 g/mol. The number of hydrogen-bond acceptors (Lipinski definition) is 3. The van der Waals surface area contributed by atoms with Gasteiger partial charge in [0.05, 0.1) is 11.4 Å². The molecule has 0 bridgehead atoms. The van der Waals surface area contributed by atoms with Crippen molar-refractivity contribution in [3.63, 3.8) is 0 Å². The lowest BCUT2D eigenvalue weighted by Crippen LogP contribution is -2.06. The molecule has 4 heteroatoms. The summed E-state index contributed by atoms with van der Waals surface area (Å²) in [6.07, 6.45) is 3.55. The number of aromatic nitrogens is 3. The van der Waals surface area contributed by atoms with E-state index < -0.39 is 0 Å². The summed E-state index contributed by atoms with van der Waals surface area (Å²) in [4.78, 5) is 0. The van der Waals surface area contributed by atoms with Crippen LogP contribution in [0.1, 0.15) is 24.2 Å². The molecule has 1 saturated carbocycles. The first-order valence-electron chi connectivity index (χ1n) is 4.90. The monoisotopic (exact) mass is 180 g/mol. The topological polar surface area (TPSA) is 56.7 Å². The van der Waals surface area contributed by atoms with Crippen LogP contribution in [0.4, 0.5) is 0 Å². The standard InChI is InChI=1S/C9H16N4/c1-7-9(4-5-10)11-12-13(7)6-8-2-3-8/h8H,2-6,10H2,1H3. The Kier molecular flexibility index (Phi) is 2.31. The van der Waals surface area contributed by atoms with Crippen LogP contribution in [-0.4, -0.2) is 21.5 Å². The zero-order valence-corrected chi connectivity index (χ0v) is 8.03. The molecule has 1 aromatic heterocycles. The molecule has 0 amide bonds. The lowest BCUT2D eigenvalue weighted by molar-refractivity contribution is 0.532. The molecule has 1 aliphatic carbocycles. The van der Waals surface area contributed by atoms with Crippen molar-refractivity contribution in [1.82, 2.24) is 15.0 Å². The second-order valence-corrected chi connectivity index (χ2v) is 3.79. The summed E-state index contributed by atoms with van der Waals surface area (Å²) in [5.41, 5.74) is 7.73. The SMILES string of the molecule is Cc1c(CCN)nnn1CC1CC1. The van der Waals surface area contributed by atoms with Crippen LogP contribution < -0.4 is 5.73 Å². The van der Waals surface area contributed by atoms with Gasteiger partial charge in [0.1, 0.15) is 0 Å². The minimum Gasteiger partial charge on any atom is -0.330 e. The van der Waals surface area contributed by atoms with Gasteiger partial charge >= 0.3 is 0 Å². The molecule has 2 N–H and O–H groups in total. The van der Waals surface area contributed by atoms with Crippen molar-refractivity contribution in [2.75, 3.05) is 6.54 Å². The third-order valence-corrected chi connectivity index (χ3v) is 2.59. The average Bonchev–Trinajstić information content (AvgIpc) is 2.86. The van der Waals surface area contributed by atoms with Crippen LogP contribution in [0, 0.1) is 12.8 Å². The summed E-state index contributed by atoms with van der Waals surface area (Å²) >= 11 is 0. The number of rotatable bonds is 4. The molecular formula is C9H16N4. The van der Waals surface area contributed by atoms with Gasteiger partial charge < -0.3 is 5.73 Å². The summed E-state index contributed by atoms with van der Waals surface area (Å²) in [5.74, 6) is 0.853. The lowest BCUT2D eigenvalue weighted by atomic mass is 10.2. The predicted octanol–water partition coefficient (Wildman–Crippen LogP) is 0.498. The fourth-order valence-electron chi connectivity index (χ4n) is 1.48. The summed E-state index contributed by atoms with van der Waals surface area (Å²) in [6.45, 7) is 3.78. The van der Waals surface area contributed by atoms with Crippen molar-refractivity contribution >= 4 is 0 Å². The highest BCUT2D eigenvalue weighted by atomic mass is 15.4. The molecule has 0 aliphatic heterocycles. The predicted molar refractivity (Wildman–Crippen MR) is 50.2 cm³/mol. The maximum Gasteiger partial charge on any atom is 0.0868 e. The normalized spacial score (nSPS) is 16.5. The Balaban J connectivity index is 2.07. The molecule has 13 heavy (non-hydrogen) atoms. The van der Waals surface area contributed by atoms with Gasteiger partial charge in [-0.05, 0) is 32.2 Å². The van der Waals surface area contributed by atoms with Gasteiger partial charge in [-0.3, -0.25) is 0 Å². The van der Waals surface area contributed by atoms with Crippen LogP contribution in [0.3, 0.4) is 0 Å². The third-order valence-electron chi connectivity index (χ3n) is 2.59. The van der Waals surface area contributed by atoms with Crippen LogP contribution in [0.5, 0.6) is 0 Å². The Morgan fingerprint density at radius 1 is 1.54 bits per heavy atom. The summed E-state index contributed by atoms with van der Waals surface area (Å²) in [5, 5.41) is 8.24. The molecule has 0 radical (unpaired) electrons. The molecule has 0 unspecified atom stereocenters. The Labute approximate surface area is 78.1 Å². The molecule has 72 valence electrons. The highest BCUT2D eigenvalue weighted by Crippen LogP contribution is 2.30. The van der Waals surface area contributed by atoms with Crippen LogP contribution in [0.25, 0.3) is 0 Å². The van der Waals surface area contributed by atoms with E-state index in [4.69, 9.17) is 5.73 Å². The van der Waals surface area contributed by atoms with E-state index >= 15 is 0 Å². The smallest absolute Gasteiger partial charge is 0.0868 e. The van der Waals surface area contributed by atoms with E-state index in [9.17, 15) is 0 Å². The first-order chi connectivity index (χ1) is 6.31. The van der Waals surface area contributed by atoms with Crippen molar-refractivity contribution in [1.29, 1.82) is 0 Å². The molecule has 0 spiro atoms. The number of hydrogen-bond donors (Lipinski definition) is 1. The van der Waals surface area contributed by atoms with Crippen molar-refractivity contribution < 1.29 is 0 Å². The van der Waals surface area contributed by atoms with Gasteiger partial charge in [0.15, 0.2) is 0 Å². The highest BCUT2D eigenvalue weighted by molar-refractivity contribution is 5.08. The first kappa shape index (κ1) is 8.69. The molecule has 4 nitrogen and oxygen atoms in total. The Bertz CT molecular complexity index is 288. The maximum atomic E-state index is 5.48. The molecular weight excluding hydrogens is 164 g/mol. The number of nitrogens with two attached hydrogens (primary N) is 1. The van der Waals surface area contributed by atoms with Crippen molar-refractivity contribution in [2.45, 2.75) is 32.7 Å². The second-order valence-electron chi connectivity index (χ2n) is 3.79. The third kappa shape index (κ3) is 1.88. The van der Waals surface area contributed by atoms with E-state index in [2.05, 4.69) is 17.2 Å². The van der Waals surface area contributed by atoms with Crippen molar-refractivity contribution in [2.24, 2.45) is 11.7 Å². The van der Waals surface area contributed by atoms with Crippen LogP contribution in [0.2, 0.25) is 0 Å². The van der Waals surface area contributed by atoms with E-state index in [0.717, 1.165) is 24.6 Å². The van der Waals surface area contributed by atoms with Crippen LogP contribution >= 0.6 is 0 Å². The number of nitrogens with zero attached hydrogens (tertiary/aromatic N) is 3. The van der Waals surface area contributed by atoms with Gasteiger partial charge in [0, 0.05) is 13.0 Å². The van der Waals surface area contributed by atoms with E-state index in [1.807, 2.05) is 4.68 Å². The van der Waals surface area contributed by atoms with Gasteiger partial charge in [-0.15, -0.1) is 5.10 Å². The van der Waals surface area contributed by atoms with E-state index in [-0.39, 0.29) is 0 Å². The first-order valence-corrected chi connectivity index (χ1v) is 4.90. The molecule has 2 rings (SSSR count). The summed E-state index contributed by atoms with van der Waals surface area (Å²) < 4.78 is 2.02. The summed E-state index contributed by atoms with van der Waals surface area (Å²) in [7, 11) is 0. The molecule has 1 heterocycles. The molecule has 1 fully saturated rings. The largest absolute Gasteiger partial charge is 0.330 e. The zero-order chi connectivity index (χ0) is 9.26. The Morgan fingerprint density at radius 2 is 2.31 bits per heavy atom. The fourth-order valence-corrected chi connectivity index (χ4v) is 1.48. The zero-order valence-electron chi connectivity index (χ0n) is 8.03. The molecule has 1 aliphatic rings. The molecule has 0 atom stereocenters. The minimum absolute atomic E-state index is 0.656. The van der Waals surface area contributed by atoms with Crippen molar-refractivity contribution in [3.05, 3.63) is 11.4 Å². The van der Waals surface area contributed by atoms with Crippen LogP contribution in [-0.2, 0) is 13.0 Å².